The molecule has 2 atom stereocenters. The predicted octanol–water partition coefficient (Wildman–Crippen LogP) is 9.31. The molecule has 2 unspecified atom stereocenters. The van der Waals surface area contributed by atoms with Crippen molar-refractivity contribution >= 4 is 46.4 Å². The minimum atomic E-state index is -1.99. The molecule has 358 valence electrons. The van der Waals surface area contributed by atoms with E-state index < -0.39 is 119 Å². The van der Waals surface area contributed by atoms with Gasteiger partial charge in [-0.05, 0) is 84.0 Å². The Bertz CT molecular complexity index is 3220. The maximum Gasteiger partial charge on any atom is 0.204 e. The van der Waals surface area contributed by atoms with Gasteiger partial charge >= 0.3 is 0 Å². The van der Waals surface area contributed by atoms with E-state index >= 15 is 35.1 Å². The third kappa shape index (κ3) is 8.35. The molecular weight excluding hydrogens is 937 g/mol. The summed E-state index contributed by atoms with van der Waals surface area (Å²) in [6.45, 7) is -3.69. The highest BCUT2D eigenvalue weighted by molar-refractivity contribution is 6.00. The van der Waals surface area contributed by atoms with Gasteiger partial charge in [0.05, 0.1) is 47.1 Å². The summed E-state index contributed by atoms with van der Waals surface area (Å²) in [5, 5.41) is 59.1. The number of aromatic nitrogens is 4. The number of aromatic amines is 2. The summed E-state index contributed by atoms with van der Waals surface area (Å²) in [6.07, 6.45) is 1.88. The van der Waals surface area contributed by atoms with Crippen LogP contribution in [0.3, 0.4) is 0 Å². The number of halogens is 8. The van der Waals surface area contributed by atoms with Crippen LogP contribution < -0.4 is 9.47 Å². The topological polar surface area (TPSA) is 197 Å². The smallest absolute Gasteiger partial charge is 0.204 e. The largest absolute Gasteiger partial charge is 0.508 e. The second-order valence-electron chi connectivity index (χ2n) is 15.8. The van der Waals surface area contributed by atoms with Gasteiger partial charge in [0.1, 0.15) is 36.9 Å². The number of benzene rings is 4. The third-order valence-corrected chi connectivity index (χ3v) is 11.2. The Kier molecular flexibility index (Phi) is 12.6. The lowest BCUT2D eigenvalue weighted by molar-refractivity contribution is 0.0504. The van der Waals surface area contributed by atoms with Gasteiger partial charge in [-0.3, -0.25) is 0 Å². The van der Waals surface area contributed by atoms with E-state index in [1.807, 2.05) is 0 Å². The quantitative estimate of drug-likeness (QED) is 0.0432. The molecule has 3 aromatic heterocycles. The fraction of sp³-hybridized carbons (Fsp3) is 0.120. The molecule has 20 heteroatoms. The third-order valence-electron chi connectivity index (χ3n) is 11.2. The Hall–Kier alpha value is -8.04. The summed E-state index contributed by atoms with van der Waals surface area (Å²) in [7, 11) is 0. The number of phenolic OH excluding ortho intramolecular Hbond substituents is 2. The van der Waals surface area contributed by atoms with Crippen LogP contribution in [0, 0.1) is 46.5 Å². The lowest BCUT2D eigenvalue weighted by Gasteiger charge is -2.15. The zero-order valence-electron chi connectivity index (χ0n) is 35.6. The number of nitrogens with zero attached hydrogens (tertiary/aromatic N) is 2. The molecule has 0 saturated carbocycles. The van der Waals surface area contributed by atoms with Gasteiger partial charge in [0.15, 0.2) is 34.8 Å². The molecular formula is C50H34F8N4O8. The van der Waals surface area contributed by atoms with Crippen molar-refractivity contribution in [2.45, 2.75) is 12.2 Å². The van der Waals surface area contributed by atoms with Crippen molar-refractivity contribution in [3.05, 3.63) is 142 Å². The first-order valence-electron chi connectivity index (χ1n) is 20.9. The van der Waals surface area contributed by atoms with Crippen LogP contribution in [0.4, 0.5) is 35.1 Å². The molecule has 0 radical (unpaired) electrons. The van der Waals surface area contributed by atoms with Gasteiger partial charge in [-0.15, -0.1) is 0 Å². The molecule has 7 aromatic rings. The van der Waals surface area contributed by atoms with Gasteiger partial charge in [0.25, 0.3) is 0 Å². The molecule has 2 aliphatic heterocycles. The zero-order chi connectivity index (χ0) is 49.7. The first-order valence-corrected chi connectivity index (χ1v) is 20.9. The number of nitrogens with one attached hydrogen (secondary N) is 2. The van der Waals surface area contributed by atoms with Gasteiger partial charge in [0, 0.05) is 44.3 Å². The van der Waals surface area contributed by atoms with Crippen LogP contribution in [0.25, 0.3) is 90.9 Å². The van der Waals surface area contributed by atoms with Crippen LogP contribution >= 0.6 is 0 Å². The van der Waals surface area contributed by atoms with E-state index in [-0.39, 0.29) is 78.6 Å². The maximum atomic E-state index is 16.5. The normalized spacial score (nSPS) is 13.0. The second kappa shape index (κ2) is 18.8. The highest BCUT2D eigenvalue weighted by Crippen LogP contribution is 2.44. The Labute approximate surface area is 389 Å². The van der Waals surface area contributed by atoms with E-state index in [9.17, 15) is 30.6 Å². The minimum absolute atomic E-state index is 0.0339. The molecule has 0 spiro atoms. The molecule has 0 fully saturated rings. The van der Waals surface area contributed by atoms with E-state index in [1.165, 1.54) is 97.1 Å². The second-order valence-corrected chi connectivity index (χ2v) is 15.8. The van der Waals surface area contributed by atoms with Crippen LogP contribution in [0.15, 0.2) is 72.8 Å². The Morgan fingerprint density at radius 2 is 0.743 bits per heavy atom. The van der Waals surface area contributed by atoms with Crippen molar-refractivity contribution in [3.63, 3.8) is 0 Å². The first-order chi connectivity index (χ1) is 33.6. The number of aromatic hydroxyl groups is 2. The fourth-order valence-electron chi connectivity index (χ4n) is 8.04. The standard InChI is InChI=1S/C50H34F8N4O8/c51-41-39(42(52)46(56)49(45(41)55)69-19-25(67)17-63)37-31-11-7-27(59-31)35(21-3-1-5-23(65)15-21)28-8-12-32(60-28)38(40-43(53)47(57)50(48(58)44(40)54)70-20-26(68)18-64)34-14-10-30(62-34)36(29-9-13-33(37)61-29)22-4-2-6-24(66)16-22/h1-16,25-26,59,62-68H,17-20H2. The molecule has 0 amide bonds. The summed E-state index contributed by atoms with van der Waals surface area (Å²) in [6, 6.07) is 16.5. The summed E-state index contributed by atoms with van der Waals surface area (Å²) >= 11 is 0. The van der Waals surface area contributed by atoms with Crippen LogP contribution in [0.1, 0.15) is 22.8 Å². The molecule has 12 nitrogen and oxygen atoms in total. The van der Waals surface area contributed by atoms with Gasteiger partial charge in [-0.2, -0.15) is 17.6 Å². The van der Waals surface area contributed by atoms with Crippen LogP contribution in [-0.4, -0.2) is 89.2 Å². The van der Waals surface area contributed by atoms with E-state index in [2.05, 4.69) is 19.9 Å². The van der Waals surface area contributed by atoms with E-state index in [1.54, 1.807) is 0 Å². The monoisotopic (exact) mass is 970 g/mol. The summed E-state index contributed by atoms with van der Waals surface area (Å²) in [5.74, 6) is -19.3. The van der Waals surface area contributed by atoms with Gasteiger partial charge in [-0.1, -0.05) is 24.3 Å². The van der Waals surface area contributed by atoms with Gasteiger partial charge in [-0.25, -0.2) is 27.5 Å². The Balaban J connectivity index is 1.44. The van der Waals surface area contributed by atoms with Crippen molar-refractivity contribution in [3.8, 4) is 67.5 Å². The number of aliphatic hydroxyl groups excluding tert-OH is 4. The van der Waals surface area contributed by atoms with Crippen molar-refractivity contribution in [2.24, 2.45) is 0 Å². The highest BCUT2D eigenvalue weighted by atomic mass is 19.2. The van der Waals surface area contributed by atoms with Crippen molar-refractivity contribution < 1.29 is 75.2 Å². The minimum Gasteiger partial charge on any atom is -0.508 e. The van der Waals surface area contributed by atoms with Gasteiger partial charge in [0.2, 0.25) is 23.3 Å². The number of ether oxygens (including phenoxy) is 2. The average molecular weight is 971 g/mol. The molecule has 8 bridgehead atoms. The molecule has 4 aromatic carbocycles. The molecule has 5 heterocycles. The fourth-order valence-corrected chi connectivity index (χ4v) is 8.04. The number of aliphatic hydroxyl groups is 4. The predicted molar refractivity (Wildman–Crippen MR) is 241 cm³/mol. The summed E-state index contributed by atoms with van der Waals surface area (Å²) in [4.78, 5) is 15.3. The van der Waals surface area contributed by atoms with Crippen LogP contribution in [-0.2, 0) is 0 Å². The molecule has 70 heavy (non-hydrogen) atoms. The average Bonchev–Trinajstić information content (AvgIpc) is 4.20. The number of hydrogen-bond donors (Lipinski definition) is 8. The molecule has 9 rings (SSSR count). The zero-order valence-corrected chi connectivity index (χ0v) is 35.6. The maximum absolute atomic E-state index is 16.5. The molecule has 2 aliphatic rings. The van der Waals surface area contributed by atoms with Crippen LogP contribution in [0.2, 0.25) is 0 Å². The summed E-state index contributed by atoms with van der Waals surface area (Å²) in [5.41, 5.74) is -3.99. The number of fused-ring (bicyclic) bond motifs is 8. The Morgan fingerprint density at radius 3 is 1.06 bits per heavy atom. The molecule has 8 N–H and O–H groups in total. The molecule has 0 aliphatic carbocycles. The number of phenols is 2. The van der Waals surface area contributed by atoms with Crippen LogP contribution in [0.5, 0.6) is 23.0 Å². The Morgan fingerprint density at radius 1 is 0.429 bits per heavy atom. The van der Waals surface area contributed by atoms with Crippen molar-refractivity contribution in [1.82, 2.24) is 19.9 Å². The highest BCUT2D eigenvalue weighted by Gasteiger charge is 2.33. The SMILES string of the molecule is OCC(O)COc1c(F)c(F)c(-c2c3nc(c(-c4cccc(O)c4)c4ccc([nH]4)c(-c4c(F)c(F)c(OCC(O)CO)c(F)c4F)c4nc(c(-c5cccc(O)c5)c5ccc2[nH]5)C=C4)C=C3)c(F)c1F. The lowest BCUT2D eigenvalue weighted by Crippen LogP contribution is -2.22. The number of H-pyrrole nitrogens is 2. The van der Waals surface area contributed by atoms with Crippen molar-refractivity contribution in [2.75, 3.05) is 26.4 Å². The number of hydrogen-bond acceptors (Lipinski definition) is 10. The number of rotatable bonds is 12. The van der Waals surface area contributed by atoms with E-state index in [0.29, 0.717) is 0 Å². The lowest BCUT2D eigenvalue weighted by atomic mass is 10.0. The van der Waals surface area contributed by atoms with E-state index in [0.717, 1.165) is 0 Å². The van der Waals surface area contributed by atoms with Crippen molar-refractivity contribution in [1.29, 1.82) is 0 Å². The van der Waals surface area contributed by atoms with E-state index in [4.69, 9.17) is 9.47 Å². The summed E-state index contributed by atoms with van der Waals surface area (Å²) < 4.78 is 139. The first kappa shape index (κ1) is 47.0. The molecule has 0 saturated heterocycles. The van der Waals surface area contributed by atoms with Gasteiger partial charge < -0.3 is 50.1 Å².